The third kappa shape index (κ3) is 19.0. The summed E-state index contributed by atoms with van der Waals surface area (Å²) in [5.41, 5.74) is 5.38. The molecule has 0 radical (unpaired) electrons. The molecule has 0 heterocycles. The summed E-state index contributed by atoms with van der Waals surface area (Å²) in [7, 11) is -4.64. The maximum absolute atomic E-state index is 12.2. The average molecular weight is 481 g/mol. The van der Waals surface area contributed by atoms with Gasteiger partial charge in [-0.1, -0.05) is 118 Å². The van der Waals surface area contributed by atoms with E-state index in [4.69, 9.17) is 25.0 Å². The average Bonchev–Trinajstić information content (AvgIpc) is 2.72. The molecular formula is C24H53N2O5P. The van der Waals surface area contributed by atoms with Crippen molar-refractivity contribution in [2.45, 2.75) is 136 Å². The number of phosphoric acid groups is 1. The van der Waals surface area contributed by atoms with Crippen LogP contribution >= 0.6 is 7.82 Å². The van der Waals surface area contributed by atoms with E-state index in [0.29, 0.717) is 0 Å². The Labute approximate surface area is 197 Å². The van der Waals surface area contributed by atoms with Crippen LogP contribution in [0.1, 0.15) is 130 Å². The van der Waals surface area contributed by atoms with Gasteiger partial charge in [0.05, 0.1) is 5.54 Å². The van der Waals surface area contributed by atoms with Crippen LogP contribution in [0.2, 0.25) is 0 Å². The van der Waals surface area contributed by atoms with E-state index in [2.05, 4.69) is 32.6 Å². The third-order valence-corrected chi connectivity index (χ3v) is 6.36. The monoisotopic (exact) mass is 480 g/mol. The second kappa shape index (κ2) is 21.1. The number of nitrogens with zero attached hydrogens (tertiary/aromatic N) is 1. The first-order valence-corrected chi connectivity index (χ1v) is 14.5. The number of primary amides is 1. The van der Waals surface area contributed by atoms with Crippen LogP contribution in [0.15, 0.2) is 0 Å². The van der Waals surface area contributed by atoms with Crippen LogP contribution in [0, 0.1) is 0 Å². The van der Waals surface area contributed by atoms with E-state index in [1.807, 2.05) is 0 Å². The molecule has 0 aromatic carbocycles. The van der Waals surface area contributed by atoms with E-state index in [0.717, 1.165) is 32.4 Å². The Morgan fingerprint density at radius 2 is 1.03 bits per heavy atom. The van der Waals surface area contributed by atoms with Crippen molar-refractivity contribution >= 4 is 13.7 Å². The lowest BCUT2D eigenvalue weighted by molar-refractivity contribution is -0.131. The van der Waals surface area contributed by atoms with Crippen LogP contribution in [0.25, 0.3) is 0 Å². The minimum Gasteiger partial charge on any atom is -0.368 e. The highest BCUT2D eigenvalue weighted by Gasteiger charge is 2.38. The molecule has 0 spiro atoms. The van der Waals surface area contributed by atoms with Crippen LogP contribution in [0.4, 0.5) is 0 Å². The molecule has 0 aliphatic rings. The quantitative estimate of drug-likeness (QED) is 0.127. The van der Waals surface area contributed by atoms with Crippen molar-refractivity contribution in [1.29, 1.82) is 0 Å². The van der Waals surface area contributed by atoms with Crippen LogP contribution < -0.4 is 5.73 Å². The fourth-order valence-corrected chi connectivity index (χ4v) is 4.45. The second-order valence-electron chi connectivity index (χ2n) is 8.78. The van der Waals surface area contributed by atoms with Gasteiger partial charge in [0.2, 0.25) is 5.91 Å². The Morgan fingerprint density at radius 1 is 0.719 bits per heavy atom. The van der Waals surface area contributed by atoms with Crippen molar-refractivity contribution in [2.24, 2.45) is 5.73 Å². The van der Waals surface area contributed by atoms with Crippen molar-refractivity contribution < 1.29 is 24.0 Å². The molecule has 0 aliphatic heterocycles. The van der Waals surface area contributed by atoms with Gasteiger partial charge in [0.25, 0.3) is 0 Å². The van der Waals surface area contributed by atoms with E-state index in [-0.39, 0.29) is 5.91 Å². The maximum atomic E-state index is 12.2. The van der Waals surface area contributed by atoms with Crippen molar-refractivity contribution in [2.75, 3.05) is 13.1 Å². The highest BCUT2D eigenvalue weighted by atomic mass is 31.2. The Bertz CT molecular complexity index is 475. The lowest BCUT2D eigenvalue weighted by Crippen LogP contribution is -2.57. The first kappa shape index (κ1) is 33.7. The molecule has 7 nitrogen and oxygen atoms in total. The topological polar surface area (TPSA) is 124 Å². The fraction of sp³-hybridized carbons (Fsp3) is 0.958. The summed E-state index contributed by atoms with van der Waals surface area (Å²) in [6.45, 7) is 10.4. The van der Waals surface area contributed by atoms with E-state index >= 15 is 0 Å². The molecule has 0 aliphatic carbocycles. The zero-order valence-electron chi connectivity index (χ0n) is 21.4. The lowest BCUT2D eigenvalue weighted by Gasteiger charge is -2.40. The molecule has 0 rings (SSSR count). The van der Waals surface area contributed by atoms with Gasteiger partial charge in [0.1, 0.15) is 0 Å². The molecule has 5 N–H and O–H groups in total. The summed E-state index contributed by atoms with van der Waals surface area (Å²) in [5, 5.41) is 0. The smallest absolute Gasteiger partial charge is 0.368 e. The van der Waals surface area contributed by atoms with Gasteiger partial charge in [-0.05, 0) is 25.9 Å². The number of likely N-dealkylation sites (N-methyl/N-ethyl adjacent to an activating group) is 1. The Kier molecular flexibility index (Phi) is 22.2. The normalized spacial score (nSPS) is 13.5. The predicted octanol–water partition coefficient (Wildman–Crippen LogP) is 5.91. The van der Waals surface area contributed by atoms with E-state index in [1.165, 1.54) is 83.5 Å². The number of hydrogen-bond acceptors (Lipinski definition) is 3. The first-order valence-electron chi connectivity index (χ1n) is 12.9. The van der Waals surface area contributed by atoms with E-state index < -0.39 is 13.4 Å². The van der Waals surface area contributed by atoms with Crippen LogP contribution in [-0.4, -0.2) is 44.1 Å². The predicted molar refractivity (Wildman–Crippen MR) is 134 cm³/mol. The van der Waals surface area contributed by atoms with Gasteiger partial charge < -0.3 is 20.4 Å². The highest BCUT2D eigenvalue weighted by Crippen LogP contribution is 2.27. The molecule has 0 saturated heterocycles. The highest BCUT2D eigenvalue weighted by molar-refractivity contribution is 7.45. The summed E-state index contributed by atoms with van der Waals surface area (Å²) in [4.78, 5) is 36.0. The van der Waals surface area contributed by atoms with Gasteiger partial charge in [0.15, 0.2) is 0 Å². The van der Waals surface area contributed by atoms with E-state index in [9.17, 15) is 4.79 Å². The molecule has 32 heavy (non-hydrogen) atoms. The van der Waals surface area contributed by atoms with Crippen molar-refractivity contribution in [1.82, 2.24) is 4.90 Å². The van der Waals surface area contributed by atoms with Gasteiger partial charge >= 0.3 is 7.82 Å². The molecule has 1 amide bonds. The van der Waals surface area contributed by atoms with Crippen molar-refractivity contribution in [3.63, 3.8) is 0 Å². The van der Waals surface area contributed by atoms with Crippen molar-refractivity contribution in [3.05, 3.63) is 0 Å². The molecule has 0 bridgehead atoms. The molecule has 0 aromatic rings. The van der Waals surface area contributed by atoms with Crippen LogP contribution in [0.5, 0.6) is 0 Å². The molecule has 1 atom stereocenters. The summed E-state index contributed by atoms with van der Waals surface area (Å²) >= 11 is 0. The van der Waals surface area contributed by atoms with Crippen LogP contribution in [-0.2, 0) is 9.36 Å². The van der Waals surface area contributed by atoms with Crippen molar-refractivity contribution in [3.8, 4) is 0 Å². The van der Waals surface area contributed by atoms with Gasteiger partial charge in [-0.3, -0.25) is 9.69 Å². The molecule has 1 unspecified atom stereocenters. The molecule has 8 heteroatoms. The Balaban J connectivity index is 0. The number of rotatable bonds is 20. The van der Waals surface area contributed by atoms with Gasteiger partial charge in [-0.25, -0.2) is 4.57 Å². The maximum Gasteiger partial charge on any atom is 0.466 e. The zero-order valence-corrected chi connectivity index (χ0v) is 22.3. The van der Waals surface area contributed by atoms with Gasteiger partial charge in [0, 0.05) is 0 Å². The third-order valence-electron chi connectivity index (χ3n) is 6.36. The summed E-state index contributed by atoms with van der Waals surface area (Å²) < 4.78 is 8.88. The number of nitrogens with two attached hydrogens (primary N) is 1. The fourth-order valence-electron chi connectivity index (χ4n) is 4.45. The minimum absolute atomic E-state index is 0.136. The molecule has 0 saturated carbocycles. The van der Waals surface area contributed by atoms with Gasteiger partial charge in [-0.2, -0.15) is 0 Å². The minimum atomic E-state index is -4.64. The number of carbonyl (C=O) groups is 1. The summed E-state index contributed by atoms with van der Waals surface area (Å²) in [6.07, 6.45) is 20.8. The number of carbonyl (C=O) groups excluding carboxylic acids is 1. The number of amides is 1. The second-order valence-corrected chi connectivity index (χ2v) is 9.81. The van der Waals surface area contributed by atoms with Crippen LogP contribution in [0.3, 0.4) is 0 Å². The summed E-state index contributed by atoms with van der Waals surface area (Å²) in [5.74, 6) is -0.136. The molecule has 0 fully saturated rings. The standard InChI is InChI=1S/C24H50N2O.H3O4P/c1-5-9-10-11-12-13-14-15-16-17-18-19-20-21-22-24(6-2,23(25)27)26(7-3)8-4;1-5(2,3)4/h5-22H2,1-4H3,(H2,25,27);(H3,1,2,3,4). The Hall–Kier alpha value is -0.460. The largest absolute Gasteiger partial charge is 0.466 e. The van der Waals surface area contributed by atoms with E-state index in [1.54, 1.807) is 0 Å². The van der Waals surface area contributed by atoms with Gasteiger partial charge in [-0.15, -0.1) is 0 Å². The number of hydrogen-bond donors (Lipinski definition) is 4. The first-order chi connectivity index (χ1) is 15.1. The summed E-state index contributed by atoms with van der Waals surface area (Å²) in [6, 6.07) is 0. The zero-order chi connectivity index (χ0) is 24.9. The molecular weight excluding hydrogens is 427 g/mol. The lowest BCUT2D eigenvalue weighted by atomic mass is 9.86. The SMILES string of the molecule is CCCCCCCCCCCCCCCCC(CC)(C(N)=O)N(CC)CC.O=P(O)(O)O. The molecule has 0 aromatic heterocycles. The number of unbranched alkanes of at least 4 members (excludes halogenated alkanes) is 13. The Morgan fingerprint density at radius 3 is 1.28 bits per heavy atom. The molecule has 194 valence electrons.